The van der Waals surface area contributed by atoms with Crippen LogP contribution in [0.1, 0.15) is 192 Å². The molecule has 8 aromatic carbocycles. The molecule has 0 aliphatic carbocycles. The van der Waals surface area contributed by atoms with Crippen molar-refractivity contribution in [1.29, 1.82) is 0 Å². The molecule has 514 valence electrons. The number of nitrogens with zero attached hydrogens (tertiary/aromatic N) is 6. The Morgan fingerprint density at radius 1 is 0.277 bits per heavy atom. The number of aryl methyl sites for hydroxylation is 4. The molecule has 0 saturated heterocycles. The van der Waals surface area contributed by atoms with E-state index in [1.165, 1.54) is 323 Å². The average Bonchev–Trinajstić information content (AvgIpc) is 1.53. The number of rotatable bonds is 32. The van der Waals surface area contributed by atoms with Gasteiger partial charge in [-0.2, -0.15) is 17.5 Å². The number of unbranched alkanes of at least 4 members (excludes halogenated alkanes) is 20. The minimum Gasteiger partial charge on any atom is -0.340 e. The van der Waals surface area contributed by atoms with Crippen molar-refractivity contribution in [2.24, 2.45) is 0 Å². The predicted molar refractivity (Wildman–Crippen MR) is 451 cm³/mol. The Labute approximate surface area is 621 Å². The number of hydrogen-bond acceptors (Lipinski definition) is 11. The molecule has 0 bridgehead atoms. The van der Waals surface area contributed by atoms with Crippen molar-refractivity contribution >= 4 is 206 Å². The smallest absolute Gasteiger partial charge is 0.114 e. The predicted octanol–water partition coefficient (Wildman–Crippen LogP) is 30.3. The number of aromatic nitrogens is 6. The molecule has 0 spiro atoms. The first-order valence-electron chi connectivity index (χ1n) is 38.2. The van der Waals surface area contributed by atoms with Crippen LogP contribution in [0.25, 0.3) is 169 Å². The fraction of sp³-hybridized carbons (Fsp3) is 0.364. The Morgan fingerprint density at radius 3 is 1.06 bits per heavy atom. The number of fused-ring (bicyclic) bond motifs is 21. The fourth-order valence-corrected chi connectivity index (χ4v) is 24.5. The molecule has 0 amide bonds. The van der Waals surface area contributed by atoms with Crippen molar-refractivity contribution in [3.63, 3.8) is 0 Å². The lowest BCUT2D eigenvalue weighted by Crippen LogP contribution is -1.97. The monoisotopic (exact) mass is 1450 g/mol. The molecule has 17 aromatic rings. The van der Waals surface area contributed by atoms with Crippen LogP contribution in [0, 0.1) is 0 Å². The van der Waals surface area contributed by atoms with E-state index in [0.29, 0.717) is 0 Å². The maximum Gasteiger partial charge on any atom is 0.114 e. The molecule has 0 radical (unpaired) electrons. The van der Waals surface area contributed by atoms with Crippen molar-refractivity contribution in [1.82, 2.24) is 26.6 Å². The second-order valence-electron chi connectivity index (χ2n) is 28.7. The highest BCUT2D eigenvalue weighted by Gasteiger charge is 2.28. The number of thiophene rings is 5. The Hall–Kier alpha value is -6.94. The summed E-state index contributed by atoms with van der Waals surface area (Å²) in [6.07, 6.45) is 33.3. The molecular formula is C88H90N6S7. The molecule has 0 fully saturated rings. The van der Waals surface area contributed by atoms with Crippen molar-refractivity contribution in [3.8, 4) is 43.1 Å². The van der Waals surface area contributed by atoms with Crippen LogP contribution >= 0.6 is 80.1 Å². The summed E-state index contributed by atoms with van der Waals surface area (Å²) in [5, 5.41) is 13.8. The third kappa shape index (κ3) is 12.6. The Balaban J connectivity index is 0.789. The zero-order valence-electron chi connectivity index (χ0n) is 59.0. The largest absolute Gasteiger partial charge is 0.340 e. The third-order valence-corrected chi connectivity index (χ3v) is 29.3. The van der Waals surface area contributed by atoms with E-state index in [4.69, 9.17) is 17.5 Å². The van der Waals surface area contributed by atoms with Gasteiger partial charge in [0.15, 0.2) is 0 Å². The standard InChI is InChI=1S/C88H90N6S7/c1-5-9-13-17-21-25-33-57-51-67-69-53-75(63-43-41-59(79-81(63)91-100-89-79)55-39-45-73-65(49-55)61-35-27-29-37-71(61)93(73)47-31-23-19-15-11-7-3)97-85(69)87-77(83(67)95-57)78-84-68(52-58(96-84)34-26-22-18-14-10-6-2)70-54-76(98-86(70)88(78)99-87)64-44-42-60(80-82(64)92-101-90-80)56-40-46-74-66(50-56)62-36-28-30-38-72(62)94(74)48-32-24-20-16-12-8-4/h27-30,35-46,49-54H,5-26,31-34,47-48H2,1-4H3. The van der Waals surface area contributed by atoms with E-state index in [2.05, 4.69) is 204 Å². The SMILES string of the molecule is CCCCCCCCc1cc2c3cc(-c4ccc(-c5ccc6c(c5)c5ccccc5n6CCCCCCCC)c5nsnc45)sc3c3sc4c5sc(-c6ccc(-c7ccc8c(c7)c7ccccc7n8CCCCCCCC)c7nsnc67)cc5c5cc(CCCCCCCC)sc5c4c3c2s1. The van der Waals surface area contributed by atoms with Gasteiger partial charge in [-0.05, 0) is 110 Å². The van der Waals surface area contributed by atoms with Gasteiger partial charge in [0, 0.05) is 140 Å². The van der Waals surface area contributed by atoms with Gasteiger partial charge in [0.2, 0.25) is 0 Å². The number of hydrogen-bond donors (Lipinski definition) is 0. The first-order chi connectivity index (χ1) is 50.0. The molecule has 9 heterocycles. The normalized spacial score (nSPS) is 12.5. The highest BCUT2D eigenvalue weighted by Crippen LogP contribution is 2.57. The summed E-state index contributed by atoms with van der Waals surface area (Å²) in [7, 11) is 0. The van der Waals surface area contributed by atoms with Gasteiger partial charge < -0.3 is 9.13 Å². The van der Waals surface area contributed by atoms with Crippen LogP contribution in [0.3, 0.4) is 0 Å². The van der Waals surface area contributed by atoms with E-state index in [-0.39, 0.29) is 0 Å². The van der Waals surface area contributed by atoms with E-state index in [0.717, 1.165) is 59.1 Å². The maximum atomic E-state index is 5.19. The zero-order chi connectivity index (χ0) is 67.9. The molecule has 9 aromatic heterocycles. The molecule has 13 heteroatoms. The van der Waals surface area contributed by atoms with Crippen LogP contribution < -0.4 is 0 Å². The van der Waals surface area contributed by atoms with Gasteiger partial charge in [-0.3, -0.25) is 0 Å². The molecule has 17 rings (SSSR count). The first kappa shape index (κ1) is 67.2. The van der Waals surface area contributed by atoms with Gasteiger partial charge >= 0.3 is 0 Å². The van der Waals surface area contributed by atoms with E-state index >= 15 is 0 Å². The Kier molecular flexibility index (Phi) is 20.0. The molecular weight excluding hydrogens is 1370 g/mol. The van der Waals surface area contributed by atoms with Crippen LogP contribution in [-0.4, -0.2) is 26.6 Å². The summed E-state index contributed by atoms with van der Waals surface area (Å²) in [6, 6.07) is 52.0. The first-order valence-corrected chi connectivity index (χ1v) is 43.8. The van der Waals surface area contributed by atoms with E-state index in [9.17, 15) is 0 Å². The average molecular weight is 1460 g/mol. The van der Waals surface area contributed by atoms with Crippen molar-refractivity contribution in [2.75, 3.05) is 0 Å². The lowest BCUT2D eigenvalue weighted by atomic mass is 9.98. The highest BCUT2D eigenvalue weighted by molar-refractivity contribution is 7.37. The zero-order valence-corrected chi connectivity index (χ0v) is 64.8. The number of para-hydroxylation sites is 2. The van der Waals surface area contributed by atoms with Crippen LogP contribution in [0.15, 0.2) is 133 Å². The van der Waals surface area contributed by atoms with Crippen molar-refractivity contribution in [2.45, 2.75) is 208 Å². The summed E-state index contributed by atoms with van der Waals surface area (Å²) in [4.78, 5) is 5.55. The van der Waals surface area contributed by atoms with Crippen LogP contribution in [0.2, 0.25) is 0 Å². The van der Waals surface area contributed by atoms with Gasteiger partial charge in [-0.25, -0.2) is 0 Å². The van der Waals surface area contributed by atoms with Crippen LogP contribution in [-0.2, 0) is 25.9 Å². The molecule has 0 N–H and O–H groups in total. The van der Waals surface area contributed by atoms with Crippen molar-refractivity contribution in [3.05, 3.63) is 143 Å². The van der Waals surface area contributed by atoms with E-state index in [1.807, 2.05) is 22.7 Å². The fourth-order valence-electron chi connectivity index (χ4n) is 16.7. The highest BCUT2D eigenvalue weighted by atomic mass is 32.1. The maximum absolute atomic E-state index is 5.19. The number of benzene rings is 8. The Morgan fingerprint density at radius 2 is 0.634 bits per heavy atom. The summed E-state index contributed by atoms with van der Waals surface area (Å²) >= 11 is 12.9. The Bertz CT molecular complexity index is 5490. The third-order valence-electron chi connectivity index (χ3n) is 21.9. The van der Waals surface area contributed by atoms with Gasteiger partial charge in [0.05, 0.1) is 42.3 Å². The molecule has 101 heavy (non-hydrogen) atoms. The van der Waals surface area contributed by atoms with Gasteiger partial charge in [0.25, 0.3) is 0 Å². The molecule has 0 unspecified atom stereocenters. The summed E-state index contributed by atoms with van der Waals surface area (Å²) in [6.45, 7) is 11.3. The van der Waals surface area contributed by atoms with Gasteiger partial charge in [-0.1, -0.05) is 229 Å². The molecule has 0 saturated carbocycles. The quantitative estimate of drug-likeness (QED) is 0.0394. The van der Waals surface area contributed by atoms with Gasteiger partial charge in [-0.15, -0.1) is 56.7 Å². The van der Waals surface area contributed by atoms with E-state index in [1.54, 1.807) is 0 Å². The minimum absolute atomic E-state index is 0.988. The lowest BCUT2D eigenvalue weighted by Gasteiger charge is -2.09. The van der Waals surface area contributed by atoms with Gasteiger partial charge in [0.1, 0.15) is 22.1 Å². The molecule has 0 aliphatic rings. The van der Waals surface area contributed by atoms with E-state index < -0.39 is 0 Å². The molecule has 6 nitrogen and oxygen atoms in total. The second-order valence-corrected chi connectivity index (χ2v) is 35.2. The molecule has 0 aliphatic heterocycles. The molecule has 0 atom stereocenters. The topological polar surface area (TPSA) is 61.4 Å². The van der Waals surface area contributed by atoms with Crippen molar-refractivity contribution < 1.29 is 0 Å². The second kappa shape index (κ2) is 30.0. The van der Waals surface area contributed by atoms with Crippen LogP contribution in [0.4, 0.5) is 0 Å². The lowest BCUT2D eigenvalue weighted by molar-refractivity contribution is 0.571. The summed E-state index contributed by atoms with van der Waals surface area (Å²) in [5.74, 6) is 0. The summed E-state index contributed by atoms with van der Waals surface area (Å²) < 4.78 is 34.4. The summed E-state index contributed by atoms with van der Waals surface area (Å²) in [5.41, 5.74) is 16.3. The minimum atomic E-state index is 0.988. The van der Waals surface area contributed by atoms with Crippen LogP contribution in [0.5, 0.6) is 0 Å².